The number of benzene rings is 2. The molecule has 0 unspecified atom stereocenters. The molecule has 0 aromatic heterocycles. The van der Waals surface area contributed by atoms with Gasteiger partial charge in [-0.1, -0.05) is 49.4 Å². The fourth-order valence-electron chi connectivity index (χ4n) is 2.18. The topological polar surface area (TPSA) is 24.1 Å². The molecule has 21 heavy (non-hydrogen) atoms. The molecule has 0 saturated heterocycles. The molecule has 2 aromatic rings. The van der Waals surface area contributed by atoms with Crippen LogP contribution in [0.1, 0.15) is 29.5 Å². The predicted molar refractivity (Wildman–Crippen MR) is 95.0 cm³/mol. The molecule has 0 amide bonds. The van der Waals surface area contributed by atoms with E-state index in [1.807, 2.05) is 6.07 Å². The molecule has 3 heteroatoms. The summed E-state index contributed by atoms with van der Waals surface area (Å²) in [6, 6.07) is 16.8. The van der Waals surface area contributed by atoms with Crippen LogP contribution in [0.4, 0.5) is 5.69 Å². The van der Waals surface area contributed by atoms with E-state index in [1.54, 1.807) is 0 Å². The van der Waals surface area contributed by atoms with E-state index in [2.05, 4.69) is 73.9 Å². The molecular weight excluding hydrogens is 276 g/mol. The van der Waals surface area contributed by atoms with Crippen LogP contribution in [0.3, 0.4) is 0 Å². The third-order valence-electron chi connectivity index (χ3n) is 3.58. The summed E-state index contributed by atoms with van der Waals surface area (Å²) in [6.07, 6.45) is 0. The van der Waals surface area contributed by atoms with Gasteiger partial charge < -0.3 is 10.6 Å². The SMILES string of the molecule is Cc1ccc(C)c(NC(=S)NC[C@H](C)c2ccccc2)c1. The van der Waals surface area contributed by atoms with Crippen LogP contribution in [-0.2, 0) is 0 Å². The van der Waals surface area contributed by atoms with E-state index in [0.717, 1.165) is 12.2 Å². The first-order valence-corrected chi connectivity index (χ1v) is 7.64. The monoisotopic (exact) mass is 298 g/mol. The van der Waals surface area contributed by atoms with Gasteiger partial charge in [0.25, 0.3) is 0 Å². The molecule has 0 aliphatic rings. The average molecular weight is 298 g/mol. The molecule has 0 aliphatic heterocycles. The summed E-state index contributed by atoms with van der Waals surface area (Å²) in [5.74, 6) is 0.421. The van der Waals surface area contributed by atoms with Crippen LogP contribution < -0.4 is 10.6 Å². The van der Waals surface area contributed by atoms with Gasteiger partial charge in [0.05, 0.1) is 0 Å². The van der Waals surface area contributed by atoms with Crippen LogP contribution in [0.5, 0.6) is 0 Å². The fourth-order valence-corrected chi connectivity index (χ4v) is 2.38. The number of aryl methyl sites for hydroxylation is 2. The molecule has 0 spiro atoms. The van der Waals surface area contributed by atoms with E-state index in [4.69, 9.17) is 12.2 Å². The number of anilines is 1. The van der Waals surface area contributed by atoms with Gasteiger partial charge >= 0.3 is 0 Å². The summed E-state index contributed by atoms with van der Waals surface area (Å²) >= 11 is 5.39. The third kappa shape index (κ3) is 4.57. The lowest BCUT2D eigenvalue weighted by Gasteiger charge is -2.16. The van der Waals surface area contributed by atoms with E-state index in [-0.39, 0.29) is 0 Å². The number of hydrogen-bond acceptors (Lipinski definition) is 1. The zero-order valence-electron chi connectivity index (χ0n) is 12.8. The van der Waals surface area contributed by atoms with Crippen LogP contribution in [0, 0.1) is 13.8 Å². The van der Waals surface area contributed by atoms with Crippen molar-refractivity contribution in [1.82, 2.24) is 5.32 Å². The van der Waals surface area contributed by atoms with Crippen LogP contribution in [0.25, 0.3) is 0 Å². The molecule has 0 radical (unpaired) electrons. The van der Waals surface area contributed by atoms with Gasteiger partial charge in [0.2, 0.25) is 0 Å². The molecule has 2 N–H and O–H groups in total. The van der Waals surface area contributed by atoms with E-state index in [1.165, 1.54) is 16.7 Å². The Morgan fingerprint density at radius 1 is 1.10 bits per heavy atom. The molecule has 2 aromatic carbocycles. The summed E-state index contributed by atoms with van der Waals surface area (Å²) in [7, 11) is 0. The second kappa shape index (κ2) is 7.23. The highest BCUT2D eigenvalue weighted by atomic mass is 32.1. The summed E-state index contributed by atoms with van der Waals surface area (Å²) in [4.78, 5) is 0. The molecule has 0 saturated carbocycles. The maximum absolute atomic E-state index is 5.39. The maximum Gasteiger partial charge on any atom is 0.170 e. The fraction of sp³-hybridized carbons (Fsp3) is 0.278. The molecule has 2 rings (SSSR count). The minimum absolute atomic E-state index is 0.421. The Kier molecular flexibility index (Phi) is 5.34. The minimum atomic E-state index is 0.421. The lowest BCUT2D eigenvalue weighted by Crippen LogP contribution is -2.31. The van der Waals surface area contributed by atoms with E-state index >= 15 is 0 Å². The predicted octanol–water partition coefficient (Wildman–Crippen LogP) is 4.39. The van der Waals surface area contributed by atoms with Crippen molar-refractivity contribution in [2.24, 2.45) is 0 Å². The first-order chi connectivity index (χ1) is 10.1. The van der Waals surface area contributed by atoms with Crippen LogP contribution in [-0.4, -0.2) is 11.7 Å². The Balaban J connectivity index is 1.89. The number of rotatable bonds is 4. The van der Waals surface area contributed by atoms with Crippen molar-refractivity contribution in [2.75, 3.05) is 11.9 Å². The van der Waals surface area contributed by atoms with Crippen molar-refractivity contribution in [3.8, 4) is 0 Å². The van der Waals surface area contributed by atoms with Crippen LogP contribution in [0.15, 0.2) is 48.5 Å². The number of thiocarbonyl (C=S) groups is 1. The smallest absolute Gasteiger partial charge is 0.170 e. The standard InChI is InChI=1S/C18H22N2S/c1-13-9-10-14(2)17(11-13)20-18(21)19-12-15(3)16-7-5-4-6-8-16/h4-11,15H,12H2,1-3H3,(H2,19,20,21)/t15-/m0/s1. The zero-order chi connectivity index (χ0) is 15.2. The summed E-state index contributed by atoms with van der Waals surface area (Å²) in [5.41, 5.74) is 4.81. The van der Waals surface area contributed by atoms with Gasteiger partial charge in [-0.15, -0.1) is 0 Å². The Bertz CT molecular complexity index is 608. The van der Waals surface area contributed by atoms with Gasteiger partial charge in [-0.25, -0.2) is 0 Å². The first kappa shape index (κ1) is 15.5. The Labute approximate surface area is 132 Å². The van der Waals surface area contributed by atoms with Gasteiger partial charge in [0.1, 0.15) is 0 Å². The number of nitrogens with one attached hydrogen (secondary N) is 2. The quantitative estimate of drug-likeness (QED) is 0.818. The van der Waals surface area contributed by atoms with Gasteiger partial charge in [0, 0.05) is 12.2 Å². The van der Waals surface area contributed by atoms with Crippen molar-refractivity contribution in [3.63, 3.8) is 0 Å². The first-order valence-electron chi connectivity index (χ1n) is 7.23. The summed E-state index contributed by atoms with van der Waals surface area (Å²) in [5, 5.41) is 7.25. The summed E-state index contributed by atoms with van der Waals surface area (Å²) < 4.78 is 0. The van der Waals surface area contributed by atoms with Crippen molar-refractivity contribution in [2.45, 2.75) is 26.7 Å². The Hall–Kier alpha value is -1.87. The molecule has 0 bridgehead atoms. The van der Waals surface area contributed by atoms with E-state index in [0.29, 0.717) is 11.0 Å². The van der Waals surface area contributed by atoms with Crippen LogP contribution in [0.2, 0.25) is 0 Å². The van der Waals surface area contributed by atoms with Gasteiger partial charge in [-0.3, -0.25) is 0 Å². The lowest BCUT2D eigenvalue weighted by atomic mass is 10.0. The largest absolute Gasteiger partial charge is 0.362 e. The normalized spacial score (nSPS) is 11.8. The van der Waals surface area contributed by atoms with Gasteiger partial charge in [-0.05, 0) is 54.7 Å². The van der Waals surface area contributed by atoms with E-state index in [9.17, 15) is 0 Å². The Morgan fingerprint density at radius 3 is 2.52 bits per heavy atom. The van der Waals surface area contributed by atoms with Gasteiger partial charge in [0.15, 0.2) is 5.11 Å². The van der Waals surface area contributed by atoms with Crippen molar-refractivity contribution in [1.29, 1.82) is 0 Å². The minimum Gasteiger partial charge on any atom is -0.362 e. The van der Waals surface area contributed by atoms with Crippen LogP contribution >= 0.6 is 12.2 Å². The lowest BCUT2D eigenvalue weighted by molar-refractivity contribution is 0.723. The molecule has 0 aliphatic carbocycles. The highest BCUT2D eigenvalue weighted by molar-refractivity contribution is 7.80. The average Bonchev–Trinajstić information content (AvgIpc) is 2.49. The highest BCUT2D eigenvalue weighted by Crippen LogP contribution is 2.16. The molecule has 0 fully saturated rings. The highest BCUT2D eigenvalue weighted by Gasteiger charge is 2.06. The second-order valence-corrected chi connectivity index (χ2v) is 5.87. The molecule has 110 valence electrons. The molecular formula is C18H22N2S. The van der Waals surface area contributed by atoms with Crippen molar-refractivity contribution in [3.05, 3.63) is 65.2 Å². The van der Waals surface area contributed by atoms with E-state index < -0.39 is 0 Å². The zero-order valence-corrected chi connectivity index (χ0v) is 13.6. The number of hydrogen-bond donors (Lipinski definition) is 2. The second-order valence-electron chi connectivity index (χ2n) is 5.47. The maximum atomic E-state index is 5.39. The summed E-state index contributed by atoms with van der Waals surface area (Å²) in [6.45, 7) is 7.18. The van der Waals surface area contributed by atoms with Crippen molar-refractivity contribution >= 4 is 23.0 Å². The molecule has 0 heterocycles. The Morgan fingerprint density at radius 2 is 1.81 bits per heavy atom. The third-order valence-corrected chi connectivity index (χ3v) is 3.83. The molecule has 2 nitrogen and oxygen atoms in total. The molecule has 1 atom stereocenters. The van der Waals surface area contributed by atoms with Gasteiger partial charge in [-0.2, -0.15) is 0 Å². The van der Waals surface area contributed by atoms with Crippen molar-refractivity contribution < 1.29 is 0 Å².